The second kappa shape index (κ2) is 9.23. The van der Waals surface area contributed by atoms with Gasteiger partial charge in [0.2, 0.25) is 5.91 Å². The molecule has 112 valence electrons. The van der Waals surface area contributed by atoms with E-state index in [1.807, 2.05) is 31.2 Å². The number of ether oxygens (including phenoxy) is 1. The van der Waals surface area contributed by atoms with Crippen LogP contribution < -0.4 is 15.4 Å². The zero-order chi connectivity index (χ0) is 14.8. The first-order chi connectivity index (χ1) is 9.65. The molecule has 0 saturated heterocycles. The minimum Gasteiger partial charge on any atom is -0.494 e. The Bertz CT molecular complexity index is 407. The molecule has 1 atom stereocenters. The quantitative estimate of drug-likeness (QED) is 0.682. The second-order valence-corrected chi connectivity index (χ2v) is 4.96. The lowest BCUT2D eigenvalue weighted by Gasteiger charge is -2.13. The van der Waals surface area contributed by atoms with Crippen LogP contribution in [0, 0.1) is 0 Å². The SMILES string of the molecule is CCCCOc1cccc(NCC(=O)NC(C)CC)c1. The van der Waals surface area contributed by atoms with Gasteiger partial charge in [-0.25, -0.2) is 0 Å². The van der Waals surface area contributed by atoms with E-state index >= 15 is 0 Å². The largest absolute Gasteiger partial charge is 0.494 e. The normalized spacial score (nSPS) is 11.8. The Morgan fingerprint density at radius 3 is 2.85 bits per heavy atom. The fourth-order valence-corrected chi connectivity index (χ4v) is 1.64. The lowest BCUT2D eigenvalue weighted by Crippen LogP contribution is -2.36. The van der Waals surface area contributed by atoms with Crippen LogP contribution in [0.25, 0.3) is 0 Å². The number of hydrogen-bond donors (Lipinski definition) is 2. The Labute approximate surface area is 121 Å². The molecule has 0 aliphatic rings. The molecule has 0 saturated carbocycles. The minimum atomic E-state index is 0.0108. The number of hydrogen-bond acceptors (Lipinski definition) is 3. The first-order valence-electron chi connectivity index (χ1n) is 7.41. The second-order valence-electron chi connectivity index (χ2n) is 4.96. The highest BCUT2D eigenvalue weighted by molar-refractivity contribution is 5.81. The summed E-state index contributed by atoms with van der Waals surface area (Å²) >= 11 is 0. The van der Waals surface area contributed by atoms with Crippen LogP contribution in [-0.2, 0) is 4.79 Å². The van der Waals surface area contributed by atoms with Gasteiger partial charge >= 0.3 is 0 Å². The van der Waals surface area contributed by atoms with Crippen molar-refractivity contribution >= 4 is 11.6 Å². The highest BCUT2D eigenvalue weighted by Crippen LogP contribution is 2.17. The van der Waals surface area contributed by atoms with Crippen molar-refractivity contribution < 1.29 is 9.53 Å². The average Bonchev–Trinajstić information content (AvgIpc) is 2.46. The van der Waals surface area contributed by atoms with E-state index in [9.17, 15) is 4.79 Å². The molecule has 0 aromatic heterocycles. The van der Waals surface area contributed by atoms with Gasteiger partial charge in [0, 0.05) is 17.8 Å². The van der Waals surface area contributed by atoms with E-state index in [1.54, 1.807) is 0 Å². The van der Waals surface area contributed by atoms with Gasteiger partial charge in [0.1, 0.15) is 5.75 Å². The van der Waals surface area contributed by atoms with Gasteiger partial charge in [-0.05, 0) is 31.9 Å². The maximum atomic E-state index is 11.7. The summed E-state index contributed by atoms with van der Waals surface area (Å²) in [4.78, 5) is 11.7. The van der Waals surface area contributed by atoms with Crippen LogP contribution in [0.2, 0.25) is 0 Å². The smallest absolute Gasteiger partial charge is 0.239 e. The van der Waals surface area contributed by atoms with Crippen LogP contribution in [0.1, 0.15) is 40.0 Å². The number of carbonyl (C=O) groups is 1. The van der Waals surface area contributed by atoms with Crippen LogP contribution in [-0.4, -0.2) is 25.1 Å². The van der Waals surface area contributed by atoms with Crippen molar-refractivity contribution in [2.45, 2.75) is 46.1 Å². The van der Waals surface area contributed by atoms with Gasteiger partial charge in [0.25, 0.3) is 0 Å². The van der Waals surface area contributed by atoms with Gasteiger partial charge < -0.3 is 15.4 Å². The predicted octanol–water partition coefficient (Wildman–Crippen LogP) is 3.19. The Balaban J connectivity index is 2.39. The number of nitrogens with one attached hydrogen (secondary N) is 2. The van der Waals surface area contributed by atoms with Crippen LogP contribution in [0.15, 0.2) is 24.3 Å². The van der Waals surface area contributed by atoms with Gasteiger partial charge in [-0.15, -0.1) is 0 Å². The molecule has 0 bridgehead atoms. The van der Waals surface area contributed by atoms with Crippen molar-refractivity contribution in [1.29, 1.82) is 0 Å². The van der Waals surface area contributed by atoms with Gasteiger partial charge in [0.15, 0.2) is 0 Å². The first-order valence-corrected chi connectivity index (χ1v) is 7.41. The molecule has 20 heavy (non-hydrogen) atoms. The molecule has 4 nitrogen and oxygen atoms in total. The zero-order valence-electron chi connectivity index (χ0n) is 12.7. The number of amides is 1. The highest BCUT2D eigenvalue weighted by atomic mass is 16.5. The molecule has 0 fully saturated rings. The number of unbranched alkanes of at least 4 members (excludes halogenated alkanes) is 1. The average molecular weight is 278 g/mol. The summed E-state index contributed by atoms with van der Waals surface area (Å²) in [6.45, 7) is 7.20. The lowest BCUT2D eigenvalue weighted by molar-refractivity contribution is -0.120. The van der Waals surface area contributed by atoms with Crippen LogP contribution in [0.3, 0.4) is 0 Å². The molecule has 4 heteroatoms. The number of anilines is 1. The van der Waals surface area contributed by atoms with Gasteiger partial charge in [-0.2, -0.15) is 0 Å². The van der Waals surface area contributed by atoms with E-state index in [0.29, 0.717) is 0 Å². The van der Waals surface area contributed by atoms with Gasteiger partial charge in [-0.3, -0.25) is 4.79 Å². The topological polar surface area (TPSA) is 50.4 Å². The van der Waals surface area contributed by atoms with E-state index in [2.05, 4.69) is 24.5 Å². The van der Waals surface area contributed by atoms with E-state index in [-0.39, 0.29) is 18.5 Å². The van der Waals surface area contributed by atoms with E-state index in [4.69, 9.17) is 4.74 Å². The fourth-order valence-electron chi connectivity index (χ4n) is 1.64. The van der Waals surface area contributed by atoms with E-state index in [1.165, 1.54) is 0 Å². The summed E-state index contributed by atoms with van der Waals surface area (Å²) in [6.07, 6.45) is 3.11. The molecule has 0 spiro atoms. The van der Waals surface area contributed by atoms with Crippen LogP contribution in [0.5, 0.6) is 5.75 Å². The molecule has 0 radical (unpaired) electrons. The van der Waals surface area contributed by atoms with Crippen molar-refractivity contribution in [2.75, 3.05) is 18.5 Å². The van der Waals surface area contributed by atoms with E-state index < -0.39 is 0 Å². The molecule has 0 heterocycles. The maximum absolute atomic E-state index is 11.7. The fraction of sp³-hybridized carbons (Fsp3) is 0.562. The maximum Gasteiger partial charge on any atom is 0.239 e. The summed E-state index contributed by atoms with van der Waals surface area (Å²) in [5.74, 6) is 0.849. The third-order valence-electron chi connectivity index (χ3n) is 3.07. The molecular weight excluding hydrogens is 252 g/mol. The summed E-state index contributed by atoms with van der Waals surface area (Å²) in [6, 6.07) is 7.93. The Hall–Kier alpha value is -1.71. The van der Waals surface area contributed by atoms with Crippen molar-refractivity contribution in [2.24, 2.45) is 0 Å². The number of carbonyl (C=O) groups excluding carboxylic acids is 1. The summed E-state index contributed by atoms with van der Waals surface area (Å²) in [5.41, 5.74) is 0.901. The molecule has 1 amide bonds. The van der Waals surface area contributed by atoms with Crippen molar-refractivity contribution in [3.8, 4) is 5.75 Å². The van der Waals surface area contributed by atoms with Crippen molar-refractivity contribution in [3.05, 3.63) is 24.3 Å². The highest BCUT2D eigenvalue weighted by Gasteiger charge is 2.05. The van der Waals surface area contributed by atoms with E-state index in [0.717, 1.165) is 37.3 Å². The summed E-state index contributed by atoms with van der Waals surface area (Å²) < 4.78 is 5.64. The third-order valence-corrected chi connectivity index (χ3v) is 3.07. The Morgan fingerprint density at radius 1 is 1.35 bits per heavy atom. The minimum absolute atomic E-state index is 0.0108. The van der Waals surface area contributed by atoms with Gasteiger partial charge in [-0.1, -0.05) is 26.3 Å². The predicted molar refractivity (Wildman–Crippen MR) is 83.2 cm³/mol. The molecular formula is C16H26N2O2. The molecule has 1 aromatic carbocycles. The monoisotopic (exact) mass is 278 g/mol. The summed E-state index contributed by atoms with van der Waals surface area (Å²) in [5, 5.41) is 6.04. The molecule has 1 aromatic rings. The first kappa shape index (κ1) is 16.3. The lowest BCUT2D eigenvalue weighted by atomic mass is 10.2. The molecule has 2 N–H and O–H groups in total. The van der Waals surface area contributed by atoms with Crippen molar-refractivity contribution in [3.63, 3.8) is 0 Å². The molecule has 1 unspecified atom stereocenters. The number of rotatable bonds is 9. The standard InChI is InChI=1S/C16H26N2O2/c1-4-6-10-20-15-9-7-8-14(11-15)17-12-16(19)18-13(3)5-2/h7-9,11,13,17H,4-6,10,12H2,1-3H3,(H,18,19). The van der Waals surface area contributed by atoms with Crippen LogP contribution in [0.4, 0.5) is 5.69 Å². The van der Waals surface area contributed by atoms with Gasteiger partial charge in [0.05, 0.1) is 13.2 Å². The number of benzene rings is 1. The molecule has 0 aliphatic heterocycles. The third kappa shape index (κ3) is 6.45. The summed E-state index contributed by atoms with van der Waals surface area (Å²) in [7, 11) is 0. The molecule has 0 aliphatic carbocycles. The zero-order valence-corrected chi connectivity index (χ0v) is 12.7. The molecule has 1 rings (SSSR count). The van der Waals surface area contributed by atoms with Crippen molar-refractivity contribution in [1.82, 2.24) is 5.32 Å². The Kier molecular flexibility index (Phi) is 7.55. The Morgan fingerprint density at radius 2 is 2.15 bits per heavy atom. The van der Waals surface area contributed by atoms with Crippen LogP contribution >= 0.6 is 0 Å².